The minimum atomic E-state index is -0.530. The number of ether oxygens (including phenoxy) is 1. The van der Waals surface area contributed by atoms with Gasteiger partial charge < -0.3 is 9.84 Å². The van der Waals surface area contributed by atoms with Crippen LogP contribution in [0.4, 0.5) is 0 Å². The van der Waals surface area contributed by atoms with Crippen molar-refractivity contribution in [1.82, 2.24) is 4.90 Å². The van der Waals surface area contributed by atoms with E-state index in [4.69, 9.17) is 4.74 Å². The highest BCUT2D eigenvalue weighted by atomic mass is 16.5. The van der Waals surface area contributed by atoms with Gasteiger partial charge in [0, 0.05) is 6.61 Å². The summed E-state index contributed by atoms with van der Waals surface area (Å²) in [6.45, 7) is 4.38. The first-order chi connectivity index (χ1) is 12.6. The van der Waals surface area contributed by atoms with Gasteiger partial charge in [-0.15, -0.1) is 0 Å². The molecule has 5 nitrogen and oxygen atoms in total. The van der Waals surface area contributed by atoms with Crippen LogP contribution in [0.2, 0.25) is 0 Å². The second kappa shape index (κ2) is 7.70. The predicted molar refractivity (Wildman–Crippen MR) is 98.4 cm³/mol. The van der Waals surface area contributed by atoms with Gasteiger partial charge in [0.1, 0.15) is 5.75 Å². The number of imide groups is 1. The van der Waals surface area contributed by atoms with E-state index in [-0.39, 0.29) is 24.8 Å². The molecular weight excluding hydrogens is 330 g/mol. The number of rotatable bonds is 7. The van der Waals surface area contributed by atoms with E-state index < -0.39 is 6.04 Å². The average Bonchev–Trinajstić information content (AvgIpc) is 2.91. The lowest BCUT2D eigenvalue weighted by atomic mass is 9.99. The number of carbonyl (C=O) groups is 2. The molecule has 0 fully saturated rings. The predicted octanol–water partition coefficient (Wildman–Crippen LogP) is 3.37. The van der Waals surface area contributed by atoms with Crippen LogP contribution in [0.25, 0.3) is 0 Å². The summed E-state index contributed by atoms with van der Waals surface area (Å²) >= 11 is 0. The van der Waals surface area contributed by atoms with Gasteiger partial charge in [-0.1, -0.05) is 31.2 Å². The van der Waals surface area contributed by atoms with Crippen LogP contribution in [0.3, 0.4) is 0 Å². The van der Waals surface area contributed by atoms with Gasteiger partial charge in [0.2, 0.25) is 0 Å². The number of benzene rings is 2. The fourth-order valence-corrected chi connectivity index (χ4v) is 3.42. The summed E-state index contributed by atoms with van der Waals surface area (Å²) in [6.07, 6.45) is 1.11. The zero-order valence-electron chi connectivity index (χ0n) is 15.1. The van der Waals surface area contributed by atoms with Gasteiger partial charge in [-0.2, -0.15) is 0 Å². The molecule has 0 aromatic heterocycles. The largest absolute Gasteiger partial charge is 0.494 e. The molecule has 1 heterocycles. The van der Waals surface area contributed by atoms with Crippen molar-refractivity contribution in [2.45, 2.75) is 32.7 Å². The fourth-order valence-electron chi connectivity index (χ4n) is 3.42. The first-order valence-corrected chi connectivity index (χ1v) is 8.95. The van der Waals surface area contributed by atoms with Crippen molar-refractivity contribution in [2.75, 3.05) is 13.2 Å². The molecule has 0 bridgehead atoms. The van der Waals surface area contributed by atoms with E-state index in [0.717, 1.165) is 23.3 Å². The Kier molecular flexibility index (Phi) is 5.38. The molecule has 0 aliphatic carbocycles. The summed E-state index contributed by atoms with van der Waals surface area (Å²) in [5.74, 6) is 0.121. The third-order valence-corrected chi connectivity index (χ3v) is 4.70. The first-order valence-electron chi connectivity index (χ1n) is 8.95. The fraction of sp³-hybridized carbons (Fsp3) is 0.333. The molecule has 1 N–H and O–H groups in total. The Labute approximate surface area is 153 Å². The van der Waals surface area contributed by atoms with Crippen molar-refractivity contribution in [3.63, 3.8) is 0 Å². The lowest BCUT2D eigenvalue weighted by molar-refractivity contribution is 0.0558. The van der Waals surface area contributed by atoms with Crippen LogP contribution < -0.4 is 4.74 Å². The minimum Gasteiger partial charge on any atom is -0.494 e. The zero-order chi connectivity index (χ0) is 18.7. The molecule has 1 unspecified atom stereocenters. The van der Waals surface area contributed by atoms with E-state index in [2.05, 4.69) is 0 Å². The summed E-state index contributed by atoms with van der Waals surface area (Å²) in [6, 6.07) is 12.0. The monoisotopic (exact) mass is 353 g/mol. The van der Waals surface area contributed by atoms with E-state index in [9.17, 15) is 14.7 Å². The van der Waals surface area contributed by atoms with Crippen molar-refractivity contribution >= 4 is 11.8 Å². The van der Waals surface area contributed by atoms with Crippen molar-refractivity contribution < 1.29 is 19.4 Å². The summed E-state index contributed by atoms with van der Waals surface area (Å²) in [4.78, 5) is 26.9. The van der Waals surface area contributed by atoms with E-state index in [1.807, 2.05) is 32.0 Å². The topological polar surface area (TPSA) is 66.8 Å². The van der Waals surface area contributed by atoms with Gasteiger partial charge in [-0.25, -0.2) is 0 Å². The van der Waals surface area contributed by atoms with Crippen molar-refractivity contribution in [2.24, 2.45) is 0 Å². The van der Waals surface area contributed by atoms with Crippen LogP contribution >= 0.6 is 0 Å². The molecule has 5 heteroatoms. The number of fused-ring (bicyclic) bond motifs is 1. The Hall–Kier alpha value is -2.66. The van der Waals surface area contributed by atoms with Crippen LogP contribution in [-0.4, -0.2) is 35.0 Å². The normalized spacial score (nSPS) is 14.5. The number of aliphatic hydroxyl groups excluding tert-OH is 1. The summed E-state index contributed by atoms with van der Waals surface area (Å²) < 4.78 is 5.72. The first kappa shape index (κ1) is 18.1. The van der Waals surface area contributed by atoms with E-state index in [0.29, 0.717) is 17.7 Å². The maximum atomic E-state index is 12.8. The van der Waals surface area contributed by atoms with Crippen molar-refractivity contribution in [3.05, 3.63) is 64.7 Å². The molecule has 3 rings (SSSR count). The highest BCUT2D eigenvalue weighted by Crippen LogP contribution is 2.35. The van der Waals surface area contributed by atoms with Gasteiger partial charge in [-0.05, 0) is 49.1 Å². The summed E-state index contributed by atoms with van der Waals surface area (Å²) in [7, 11) is 0. The van der Waals surface area contributed by atoms with Crippen LogP contribution in [0.5, 0.6) is 5.75 Å². The van der Waals surface area contributed by atoms with Gasteiger partial charge in [0.25, 0.3) is 11.8 Å². The molecule has 26 heavy (non-hydrogen) atoms. The van der Waals surface area contributed by atoms with Crippen LogP contribution in [0.1, 0.15) is 58.2 Å². The number of nitrogens with zero attached hydrogens (tertiary/aromatic N) is 1. The molecule has 2 aromatic rings. The van der Waals surface area contributed by atoms with Crippen molar-refractivity contribution in [3.8, 4) is 5.75 Å². The third-order valence-electron chi connectivity index (χ3n) is 4.70. The molecule has 0 saturated carbocycles. The summed E-state index contributed by atoms with van der Waals surface area (Å²) in [5, 5.41) is 9.54. The quantitative estimate of drug-likeness (QED) is 0.775. The SMILES string of the molecule is CCOc1cc(C(CCO)N2C(=O)c3ccccc3C2=O)ccc1CC. The number of hydrogen-bond acceptors (Lipinski definition) is 4. The Morgan fingerprint density at radius 3 is 2.23 bits per heavy atom. The number of carbonyl (C=O) groups excluding carboxylic acids is 2. The molecule has 1 aliphatic rings. The molecule has 0 spiro atoms. The Bertz CT molecular complexity index is 796. The summed E-state index contributed by atoms with van der Waals surface area (Å²) in [5.41, 5.74) is 2.68. The minimum absolute atomic E-state index is 0.127. The lowest BCUT2D eigenvalue weighted by Crippen LogP contribution is -2.34. The van der Waals surface area contributed by atoms with Crippen LogP contribution in [-0.2, 0) is 6.42 Å². The Morgan fingerprint density at radius 2 is 1.69 bits per heavy atom. The number of aryl methyl sites for hydroxylation is 1. The molecule has 2 amide bonds. The maximum absolute atomic E-state index is 12.8. The lowest BCUT2D eigenvalue weighted by Gasteiger charge is -2.27. The maximum Gasteiger partial charge on any atom is 0.262 e. The van der Waals surface area contributed by atoms with Gasteiger partial charge >= 0.3 is 0 Å². The molecule has 0 radical (unpaired) electrons. The number of aliphatic hydroxyl groups is 1. The molecular formula is C21H23NO4. The van der Waals surface area contributed by atoms with Gasteiger partial charge in [-0.3, -0.25) is 14.5 Å². The molecule has 1 aliphatic heterocycles. The zero-order valence-corrected chi connectivity index (χ0v) is 15.1. The highest BCUT2D eigenvalue weighted by Gasteiger charge is 2.40. The average molecular weight is 353 g/mol. The Balaban J connectivity index is 2.02. The van der Waals surface area contributed by atoms with Gasteiger partial charge in [0.15, 0.2) is 0 Å². The van der Waals surface area contributed by atoms with Crippen LogP contribution in [0.15, 0.2) is 42.5 Å². The van der Waals surface area contributed by atoms with Crippen LogP contribution in [0, 0.1) is 0 Å². The smallest absolute Gasteiger partial charge is 0.262 e. The number of hydrogen-bond donors (Lipinski definition) is 1. The molecule has 0 saturated heterocycles. The molecule has 2 aromatic carbocycles. The van der Waals surface area contributed by atoms with Crippen molar-refractivity contribution in [1.29, 1.82) is 0 Å². The van der Waals surface area contributed by atoms with E-state index in [1.54, 1.807) is 24.3 Å². The van der Waals surface area contributed by atoms with Gasteiger partial charge in [0.05, 0.1) is 23.8 Å². The highest BCUT2D eigenvalue weighted by molar-refractivity contribution is 6.21. The molecule has 136 valence electrons. The number of amides is 2. The van der Waals surface area contributed by atoms with E-state index >= 15 is 0 Å². The Morgan fingerprint density at radius 1 is 1.04 bits per heavy atom. The molecule has 1 atom stereocenters. The second-order valence-electron chi connectivity index (χ2n) is 6.21. The van der Waals surface area contributed by atoms with E-state index in [1.165, 1.54) is 4.90 Å². The standard InChI is InChI=1S/C21H23NO4/c1-3-14-9-10-15(13-19(14)26-4-2)18(11-12-23)22-20(24)16-7-5-6-8-17(16)21(22)25/h5-10,13,18,23H,3-4,11-12H2,1-2H3. The second-order valence-corrected chi connectivity index (χ2v) is 6.21. The third kappa shape index (κ3) is 3.10.